The second-order valence-corrected chi connectivity index (χ2v) is 5.51. The van der Waals surface area contributed by atoms with E-state index in [-0.39, 0.29) is 0 Å². The Balaban J connectivity index is 1.45. The Labute approximate surface area is 101 Å². The Morgan fingerprint density at radius 2 is 1.94 bits per heavy atom. The van der Waals surface area contributed by atoms with Crippen LogP contribution in [0.1, 0.15) is 18.4 Å². The normalized spacial score (nSPS) is 22.8. The van der Waals surface area contributed by atoms with Gasteiger partial charge >= 0.3 is 0 Å². The van der Waals surface area contributed by atoms with Crippen molar-refractivity contribution in [2.75, 3.05) is 13.1 Å². The van der Waals surface area contributed by atoms with Gasteiger partial charge in [-0.3, -0.25) is 0 Å². The van der Waals surface area contributed by atoms with Gasteiger partial charge in [-0.1, -0.05) is 23.7 Å². The minimum atomic E-state index is 0.470. The molecular formula is C13H16ClNO. The molecule has 2 nitrogen and oxygen atoms in total. The smallest absolute Gasteiger partial charge is 0.0720 e. The molecule has 1 aromatic rings. The third-order valence-corrected chi connectivity index (χ3v) is 3.97. The Bertz CT molecular complexity index is 364. The van der Waals surface area contributed by atoms with Crippen molar-refractivity contribution >= 4 is 11.6 Å². The van der Waals surface area contributed by atoms with E-state index in [1.165, 1.54) is 31.5 Å². The van der Waals surface area contributed by atoms with Crippen LogP contribution in [0.5, 0.6) is 0 Å². The topological polar surface area (TPSA) is 21.3 Å². The summed E-state index contributed by atoms with van der Waals surface area (Å²) in [6.07, 6.45) is 2.93. The van der Waals surface area contributed by atoms with Gasteiger partial charge in [0.2, 0.25) is 0 Å². The molecule has 3 heteroatoms. The number of rotatable bonds is 3. The van der Waals surface area contributed by atoms with Crippen LogP contribution >= 0.6 is 11.6 Å². The third kappa shape index (κ3) is 1.97. The molecule has 1 aliphatic heterocycles. The molecule has 0 bridgehead atoms. The molecule has 2 fully saturated rings. The largest absolute Gasteiger partial charge is 0.373 e. The van der Waals surface area contributed by atoms with Gasteiger partial charge in [0.1, 0.15) is 0 Å². The van der Waals surface area contributed by atoms with E-state index in [4.69, 9.17) is 16.3 Å². The summed E-state index contributed by atoms with van der Waals surface area (Å²) >= 11 is 5.83. The molecule has 0 radical (unpaired) electrons. The van der Waals surface area contributed by atoms with E-state index in [1.807, 2.05) is 24.3 Å². The maximum absolute atomic E-state index is 5.86. The van der Waals surface area contributed by atoms with Gasteiger partial charge in [-0.05, 0) is 30.5 Å². The molecule has 1 N–H and O–H groups in total. The van der Waals surface area contributed by atoms with Gasteiger partial charge in [0.25, 0.3) is 0 Å². The zero-order chi connectivity index (χ0) is 11.0. The second kappa shape index (κ2) is 4.02. The summed E-state index contributed by atoms with van der Waals surface area (Å²) in [7, 11) is 0. The SMILES string of the molecule is Clc1ccc(COC2CC3(CNC3)C2)cc1. The molecule has 1 aliphatic carbocycles. The second-order valence-electron chi connectivity index (χ2n) is 5.07. The molecule has 1 saturated carbocycles. The molecule has 86 valence electrons. The van der Waals surface area contributed by atoms with Crippen molar-refractivity contribution in [2.24, 2.45) is 5.41 Å². The van der Waals surface area contributed by atoms with Gasteiger partial charge in [-0.2, -0.15) is 0 Å². The average molecular weight is 238 g/mol. The lowest BCUT2D eigenvalue weighted by Gasteiger charge is -2.54. The lowest BCUT2D eigenvalue weighted by molar-refractivity contribution is -0.109. The van der Waals surface area contributed by atoms with Crippen LogP contribution in [0, 0.1) is 5.41 Å². The summed E-state index contributed by atoms with van der Waals surface area (Å²) in [6.45, 7) is 3.09. The fraction of sp³-hybridized carbons (Fsp3) is 0.538. The highest BCUT2D eigenvalue weighted by atomic mass is 35.5. The molecule has 0 amide bonds. The predicted octanol–water partition coefficient (Wildman–Crippen LogP) is 2.61. The lowest BCUT2D eigenvalue weighted by Crippen LogP contribution is -2.62. The summed E-state index contributed by atoms with van der Waals surface area (Å²) < 4.78 is 5.86. The van der Waals surface area contributed by atoms with Crippen molar-refractivity contribution in [2.45, 2.75) is 25.6 Å². The van der Waals surface area contributed by atoms with Crippen LogP contribution in [0.2, 0.25) is 5.02 Å². The molecule has 0 atom stereocenters. The maximum atomic E-state index is 5.86. The first kappa shape index (κ1) is 10.6. The fourth-order valence-electron chi connectivity index (χ4n) is 2.59. The molecule has 0 aromatic heterocycles. The van der Waals surface area contributed by atoms with Crippen molar-refractivity contribution in [1.82, 2.24) is 5.32 Å². The average Bonchev–Trinajstić information content (AvgIpc) is 2.16. The summed E-state index contributed by atoms with van der Waals surface area (Å²) in [6, 6.07) is 7.89. The van der Waals surface area contributed by atoms with Crippen LogP contribution in [0.4, 0.5) is 0 Å². The zero-order valence-corrected chi connectivity index (χ0v) is 9.96. The van der Waals surface area contributed by atoms with Crippen LogP contribution in [0.15, 0.2) is 24.3 Å². The van der Waals surface area contributed by atoms with Gasteiger partial charge in [0, 0.05) is 23.5 Å². The van der Waals surface area contributed by atoms with Crippen molar-refractivity contribution in [1.29, 1.82) is 0 Å². The summed E-state index contributed by atoms with van der Waals surface area (Å²) in [5.41, 5.74) is 1.81. The van der Waals surface area contributed by atoms with E-state index in [1.54, 1.807) is 0 Å². The highest BCUT2D eigenvalue weighted by Gasteiger charge is 2.48. The Kier molecular flexibility index (Phi) is 2.66. The monoisotopic (exact) mass is 237 g/mol. The third-order valence-electron chi connectivity index (χ3n) is 3.72. The van der Waals surface area contributed by atoms with E-state index < -0.39 is 0 Å². The Hall–Kier alpha value is -0.570. The molecule has 16 heavy (non-hydrogen) atoms. The number of ether oxygens (including phenoxy) is 1. The summed E-state index contributed by atoms with van der Waals surface area (Å²) in [5.74, 6) is 0. The van der Waals surface area contributed by atoms with Crippen molar-refractivity contribution in [3.05, 3.63) is 34.9 Å². The van der Waals surface area contributed by atoms with E-state index in [9.17, 15) is 0 Å². The van der Waals surface area contributed by atoms with Gasteiger partial charge in [0.15, 0.2) is 0 Å². The first-order valence-electron chi connectivity index (χ1n) is 5.83. The first-order valence-corrected chi connectivity index (χ1v) is 6.20. The minimum absolute atomic E-state index is 0.470. The fourth-order valence-corrected chi connectivity index (χ4v) is 2.71. The standard InChI is InChI=1S/C13H16ClNO/c14-11-3-1-10(2-4-11)7-16-12-5-13(6-12)8-15-9-13/h1-4,12,15H,5-9H2. The zero-order valence-electron chi connectivity index (χ0n) is 9.21. The lowest BCUT2D eigenvalue weighted by atomic mass is 9.63. The van der Waals surface area contributed by atoms with E-state index >= 15 is 0 Å². The van der Waals surface area contributed by atoms with Gasteiger partial charge in [0.05, 0.1) is 12.7 Å². The van der Waals surface area contributed by atoms with Crippen LogP contribution in [-0.2, 0) is 11.3 Å². The highest BCUT2D eigenvalue weighted by molar-refractivity contribution is 6.30. The van der Waals surface area contributed by atoms with Crippen molar-refractivity contribution < 1.29 is 4.74 Å². The van der Waals surface area contributed by atoms with Crippen LogP contribution < -0.4 is 5.32 Å². The van der Waals surface area contributed by atoms with Crippen molar-refractivity contribution in [3.63, 3.8) is 0 Å². The molecule has 1 heterocycles. The van der Waals surface area contributed by atoms with E-state index in [0.717, 1.165) is 5.02 Å². The Morgan fingerprint density at radius 3 is 2.50 bits per heavy atom. The molecule has 1 saturated heterocycles. The molecule has 1 aromatic carbocycles. The number of benzene rings is 1. The number of halogens is 1. The predicted molar refractivity (Wildman–Crippen MR) is 64.6 cm³/mol. The van der Waals surface area contributed by atoms with Crippen LogP contribution in [-0.4, -0.2) is 19.2 Å². The first-order chi connectivity index (χ1) is 7.76. The summed E-state index contributed by atoms with van der Waals surface area (Å²) in [4.78, 5) is 0. The maximum Gasteiger partial charge on any atom is 0.0720 e. The Morgan fingerprint density at radius 1 is 1.25 bits per heavy atom. The van der Waals surface area contributed by atoms with Crippen LogP contribution in [0.3, 0.4) is 0 Å². The molecule has 3 rings (SSSR count). The molecular weight excluding hydrogens is 222 g/mol. The van der Waals surface area contributed by atoms with E-state index in [2.05, 4.69) is 5.32 Å². The number of hydrogen-bond donors (Lipinski definition) is 1. The van der Waals surface area contributed by atoms with Gasteiger partial charge in [-0.25, -0.2) is 0 Å². The summed E-state index contributed by atoms with van der Waals surface area (Å²) in [5, 5.41) is 4.12. The van der Waals surface area contributed by atoms with E-state index in [0.29, 0.717) is 18.1 Å². The number of hydrogen-bond acceptors (Lipinski definition) is 2. The molecule has 2 aliphatic rings. The highest BCUT2D eigenvalue weighted by Crippen LogP contribution is 2.45. The molecule has 1 spiro atoms. The molecule has 0 unspecified atom stereocenters. The number of nitrogens with one attached hydrogen (secondary N) is 1. The van der Waals surface area contributed by atoms with Gasteiger partial charge in [-0.15, -0.1) is 0 Å². The van der Waals surface area contributed by atoms with Crippen molar-refractivity contribution in [3.8, 4) is 0 Å². The van der Waals surface area contributed by atoms with Crippen LogP contribution in [0.25, 0.3) is 0 Å². The quantitative estimate of drug-likeness (QED) is 0.873. The minimum Gasteiger partial charge on any atom is -0.373 e. The van der Waals surface area contributed by atoms with Gasteiger partial charge < -0.3 is 10.1 Å².